The first-order chi connectivity index (χ1) is 11.7. The molecule has 0 saturated carbocycles. The van der Waals surface area contributed by atoms with Crippen molar-refractivity contribution >= 4 is 5.91 Å². The predicted octanol–water partition coefficient (Wildman–Crippen LogP) is 1.33. The van der Waals surface area contributed by atoms with Gasteiger partial charge < -0.3 is 11.1 Å². The summed E-state index contributed by atoms with van der Waals surface area (Å²) in [6.45, 7) is 5.89. The van der Waals surface area contributed by atoms with E-state index in [9.17, 15) is 4.79 Å². The van der Waals surface area contributed by atoms with Gasteiger partial charge in [0.25, 0.3) is 5.91 Å². The molecule has 0 fully saturated rings. The number of rotatable bonds is 6. The van der Waals surface area contributed by atoms with Gasteiger partial charge in [-0.1, -0.05) is 25.1 Å². The molecule has 24 heavy (non-hydrogen) atoms. The number of benzene rings is 1. The fraction of sp³-hybridized carbons (Fsp3) is 0.444. The van der Waals surface area contributed by atoms with Gasteiger partial charge in [-0.25, -0.2) is 4.68 Å². The SMILES string of the molecule is CCCN1CCc2c(c(C(=O)NCCN)nn2-c2ccccc2)C1. The van der Waals surface area contributed by atoms with Crippen LogP contribution in [0.15, 0.2) is 30.3 Å². The Morgan fingerprint density at radius 1 is 1.33 bits per heavy atom. The lowest BCUT2D eigenvalue weighted by atomic mass is 10.0. The van der Waals surface area contributed by atoms with Crippen LogP contribution in [0.5, 0.6) is 0 Å². The summed E-state index contributed by atoms with van der Waals surface area (Å²) < 4.78 is 1.93. The number of para-hydroxylation sites is 1. The predicted molar refractivity (Wildman–Crippen MR) is 94.2 cm³/mol. The molecular weight excluding hydrogens is 302 g/mol. The van der Waals surface area contributed by atoms with E-state index in [4.69, 9.17) is 5.73 Å². The zero-order chi connectivity index (χ0) is 16.9. The Bertz CT molecular complexity index is 695. The van der Waals surface area contributed by atoms with E-state index in [1.165, 1.54) is 0 Å². The van der Waals surface area contributed by atoms with Crippen molar-refractivity contribution in [3.8, 4) is 5.69 Å². The number of aromatic nitrogens is 2. The fourth-order valence-corrected chi connectivity index (χ4v) is 3.22. The summed E-state index contributed by atoms with van der Waals surface area (Å²) in [5.41, 5.74) is 9.22. The molecule has 1 aliphatic heterocycles. The molecule has 0 radical (unpaired) electrons. The van der Waals surface area contributed by atoms with E-state index in [0.717, 1.165) is 49.4 Å². The topological polar surface area (TPSA) is 76.2 Å². The van der Waals surface area contributed by atoms with Gasteiger partial charge in [0.05, 0.1) is 11.4 Å². The van der Waals surface area contributed by atoms with Gasteiger partial charge in [-0.05, 0) is 25.1 Å². The van der Waals surface area contributed by atoms with Crippen molar-refractivity contribution < 1.29 is 4.79 Å². The second-order valence-electron chi connectivity index (χ2n) is 6.09. The summed E-state index contributed by atoms with van der Waals surface area (Å²) in [4.78, 5) is 14.9. The molecule has 0 unspecified atom stereocenters. The maximum Gasteiger partial charge on any atom is 0.272 e. The Kier molecular flexibility index (Phi) is 5.27. The molecule has 0 aliphatic carbocycles. The number of fused-ring (bicyclic) bond motifs is 1. The summed E-state index contributed by atoms with van der Waals surface area (Å²) in [5.74, 6) is -0.135. The molecule has 0 atom stereocenters. The Balaban J connectivity index is 1.99. The highest BCUT2D eigenvalue weighted by molar-refractivity contribution is 5.94. The Morgan fingerprint density at radius 2 is 2.12 bits per heavy atom. The molecule has 3 N–H and O–H groups in total. The molecule has 2 heterocycles. The number of nitrogens with one attached hydrogen (secondary N) is 1. The number of nitrogens with two attached hydrogens (primary N) is 1. The smallest absolute Gasteiger partial charge is 0.272 e. The van der Waals surface area contributed by atoms with Crippen LogP contribution in [0, 0.1) is 0 Å². The van der Waals surface area contributed by atoms with Gasteiger partial charge in [0, 0.05) is 38.2 Å². The van der Waals surface area contributed by atoms with E-state index in [-0.39, 0.29) is 5.91 Å². The highest BCUT2D eigenvalue weighted by Gasteiger charge is 2.28. The second-order valence-corrected chi connectivity index (χ2v) is 6.09. The van der Waals surface area contributed by atoms with Crippen LogP contribution >= 0.6 is 0 Å². The molecular formula is C18H25N5O. The molecule has 0 spiro atoms. The Hall–Kier alpha value is -2.18. The van der Waals surface area contributed by atoms with Crippen molar-refractivity contribution in [2.75, 3.05) is 26.2 Å². The molecule has 2 aromatic rings. The minimum atomic E-state index is -0.135. The van der Waals surface area contributed by atoms with E-state index in [1.54, 1.807) is 0 Å². The van der Waals surface area contributed by atoms with Crippen molar-refractivity contribution in [2.24, 2.45) is 5.73 Å². The van der Waals surface area contributed by atoms with Gasteiger partial charge in [-0.3, -0.25) is 9.69 Å². The molecule has 1 aromatic carbocycles. The Labute approximate surface area is 142 Å². The summed E-state index contributed by atoms with van der Waals surface area (Å²) in [6.07, 6.45) is 2.01. The molecule has 1 aromatic heterocycles. The molecule has 3 rings (SSSR count). The largest absolute Gasteiger partial charge is 0.349 e. The van der Waals surface area contributed by atoms with Gasteiger partial charge in [-0.2, -0.15) is 5.10 Å². The molecule has 128 valence electrons. The van der Waals surface area contributed by atoms with Gasteiger partial charge in [0.15, 0.2) is 5.69 Å². The third-order valence-corrected chi connectivity index (χ3v) is 4.32. The van der Waals surface area contributed by atoms with Gasteiger partial charge in [-0.15, -0.1) is 0 Å². The third-order valence-electron chi connectivity index (χ3n) is 4.32. The van der Waals surface area contributed by atoms with E-state index < -0.39 is 0 Å². The first-order valence-electron chi connectivity index (χ1n) is 8.61. The van der Waals surface area contributed by atoms with Gasteiger partial charge >= 0.3 is 0 Å². The minimum Gasteiger partial charge on any atom is -0.349 e. The van der Waals surface area contributed by atoms with Crippen LogP contribution in [0.1, 0.15) is 35.1 Å². The highest BCUT2D eigenvalue weighted by atomic mass is 16.1. The summed E-state index contributed by atoms with van der Waals surface area (Å²) in [6, 6.07) is 10.0. The second kappa shape index (κ2) is 7.59. The van der Waals surface area contributed by atoms with Crippen molar-refractivity contribution in [1.29, 1.82) is 0 Å². The third kappa shape index (κ3) is 3.34. The molecule has 6 heteroatoms. The van der Waals surface area contributed by atoms with Crippen LogP contribution in [0.3, 0.4) is 0 Å². The fourth-order valence-electron chi connectivity index (χ4n) is 3.22. The summed E-state index contributed by atoms with van der Waals surface area (Å²) >= 11 is 0. The average Bonchev–Trinajstić information content (AvgIpc) is 3.00. The highest BCUT2D eigenvalue weighted by Crippen LogP contribution is 2.25. The number of carbonyl (C=O) groups is 1. The average molecular weight is 327 g/mol. The standard InChI is InChI=1S/C18H25N5O/c1-2-11-22-12-8-16-15(13-22)17(18(24)20-10-9-19)21-23(16)14-6-4-3-5-7-14/h3-7H,2,8-13,19H2,1H3,(H,20,24). The number of hydrogen-bond donors (Lipinski definition) is 2. The van der Waals surface area contributed by atoms with Crippen molar-refractivity contribution in [2.45, 2.75) is 26.3 Å². The molecule has 1 aliphatic rings. The number of carbonyl (C=O) groups excluding carboxylic acids is 1. The summed E-state index contributed by atoms with van der Waals surface area (Å²) in [7, 11) is 0. The maximum absolute atomic E-state index is 12.5. The summed E-state index contributed by atoms with van der Waals surface area (Å²) in [5, 5.41) is 7.50. The van der Waals surface area contributed by atoms with Gasteiger partial charge in [0.1, 0.15) is 0 Å². The van der Waals surface area contributed by atoms with Crippen LogP contribution in [0.2, 0.25) is 0 Å². The van der Waals surface area contributed by atoms with Crippen LogP contribution in [-0.2, 0) is 13.0 Å². The van der Waals surface area contributed by atoms with Crippen LogP contribution in [0.25, 0.3) is 5.69 Å². The van der Waals surface area contributed by atoms with Crippen molar-refractivity contribution in [3.63, 3.8) is 0 Å². The normalized spacial score (nSPS) is 14.4. The number of amides is 1. The lowest BCUT2D eigenvalue weighted by Crippen LogP contribution is -2.34. The van der Waals surface area contributed by atoms with Crippen LogP contribution in [0.4, 0.5) is 0 Å². The zero-order valence-electron chi connectivity index (χ0n) is 14.2. The van der Waals surface area contributed by atoms with E-state index in [0.29, 0.717) is 18.8 Å². The zero-order valence-corrected chi connectivity index (χ0v) is 14.2. The first kappa shape index (κ1) is 16.7. The molecule has 0 bridgehead atoms. The molecule has 0 saturated heterocycles. The van der Waals surface area contributed by atoms with E-state index >= 15 is 0 Å². The number of nitrogens with zero attached hydrogens (tertiary/aromatic N) is 3. The maximum atomic E-state index is 12.5. The molecule has 1 amide bonds. The van der Waals surface area contributed by atoms with E-state index in [1.807, 2.05) is 35.0 Å². The van der Waals surface area contributed by atoms with E-state index in [2.05, 4.69) is 22.2 Å². The van der Waals surface area contributed by atoms with Crippen molar-refractivity contribution in [3.05, 3.63) is 47.3 Å². The van der Waals surface area contributed by atoms with Crippen LogP contribution in [-0.4, -0.2) is 46.8 Å². The van der Waals surface area contributed by atoms with Crippen molar-refractivity contribution in [1.82, 2.24) is 20.0 Å². The minimum absolute atomic E-state index is 0.135. The lowest BCUT2D eigenvalue weighted by molar-refractivity contribution is 0.0947. The first-order valence-corrected chi connectivity index (χ1v) is 8.61. The van der Waals surface area contributed by atoms with Crippen LogP contribution < -0.4 is 11.1 Å². The number of hydrogen-bond acceptors (Lipinski definition) is 4. The van der Waals surface area contributed by atoms with Gasteiger partial charge in [0.2, 0.25) is 0 Å². The molecule has 6 nitrogen and oxygen atoms in total. The Morgan fingerprint density at radius 3 is 2.83 bits per heavy atom. The lowest BCUT2D eigenvalue weighted by Gasteiger charge is -2.27. The monoisotopic (exact) mass is 327 g/mol. The quantitative estimate of drug-likeness (QED) is 0.839.